The van der Waals surface area contributed by atoms with E-state index in [0.29, 0.717) is 22.3 Å². The van der Waals surface area contributed by atoms with E-state index in [-0.39, 0.29) is 22.7 Å². The van der Waals surface area contributed by atoms with Gasteiger partial charge in [0.25, 0.3) is 0 Å². The van der Waals surface area contributed by atoms with Gasteiger partial charge in [0, 0.05) is 10.6 Å². The monoisotopic (exact) mass is 452 g/mol. The predicted octanol–water partition coefficient (Wildman–Crippen LogP) is 5.48. The fourth-order valence-electron chi connectivity index (χ4n) is 2.97. The molecule has 0 aliphatic carbocycles. The molecule has 0 aliphatic rings. The van der Waals surface area contributed by atoms with Crippen molar-refractivity contribution in [3.05, 3.63) is 88.5 Å². The second-order valence-corrected chi connectivity index (χ2v) is 6.98. The third-order valence-corrected chi connectivity index (χ3v) is 4.82. The number of ketones is 1. The normalized spacial score (nSPS) is 10.6. The maximum atomic E-state index is 12.9. The Labute approximate surface area is 190 Å². The first-order chi connectivity index (χ1) is 15.5. The molecule has 0 heterocycles. The van der Waals surface area contributed by atoms with Gasteiger partial charge in [0.15, 0.2) is 17.3 Å². The van der Waals surface area contributed by atoms with Gasteiger partial charge in [-0.25, -0.2) is 4.79 Å². The van der Waals surface area contributed by atoms with Gasteiger partial charge >= 0.3 is 5.97 Å². The molecule has 0 aromatic heterocycles. The second kappa shape index (κ2) is 10.5. The summed E-state index contributed by atoms with van der Waals surface area (Å²) in [6.45, 7) is 0. The van der Waals surface area contributed by atoms with Crippen molar-refractivity contribution >= 4 is 29.4 Å². The van der Waals surface area contributed by atoms with Crippen molar-refractivity contribution < 1.29 is 28.5 Å². The first-order valence-electron chi connectivity index (χ1n) is 9.56. The highest BCUT2D eigenvalue weighted by Gasteiger charge is 2.17. The number of ether oxygens (including phenoxy) is 4. The number of methoxy groups -OCH3 is 3. The summed E-state index contributed by atoms with van der Waals surface area (Å²) < 4.78 is 21.2. The highest BCUT2D eigenvalue weighted by Crippen LogP contribution is 2.29. The van der Waals surface area contributed by atoms with E-state index in [4.69, 9.17) is 30.5 Å². The Morgan fingerprint density at radius 3 is 2.19 bits per heavy atom. The topological polar surface area (TPSA) is 71.1 Å². The lowest BCUT2D eigenvalue weighted by Crippen LogP contribution is -2.11. The number of carbonyl (C=O) groups is 2. The Morgan fingerprint density at radius 2 is 1.47 bits per heavy atom. The molecule has 0 radical (unpaired) electrons. The molecule has 0 aliphatic heterocycles. The molecule has 0 bridgehead atoms. The van der Waals surface area contributed by atoms with Crippen molar-refractivity contribution in [1.82, 2.24) is 0 Å². The molecule has 32 heavy (non-hydrogen) atoms. The minimum Gasteiger partial charge on any atom is -0.496 e. The minimum absolute atomic E-state index is 0.0869. The van der Waals surface area contributed by atoms with Gasteiger partial charge in [0.2, 0.25) is 0 Å². The molecule has 0 unspecified atom stereocenters. The van der Waals surface area contributed by atoms with Crippen LogP contribution in [-0.4, -0.2) is 33.1 Å². The largest absolute Gasteiger partial charge is 0.496 e. The number of hydrogen-bond donors (Lipinski definition) is 0. The third kappa shape index (κ3) is 5.28. The van der Waals surface area contributed by atoms with E-state index >= 15 is 0 Å². The smallest absolute Gasteiger partial charge is 0.343 e. The van der Waals surface area contributed by atoms with Crippen LogP contribution in [0.1, 0.15) is 26.3 Å². The molecular formula is C25H21ClO6. The highest BCUT2D eigenvalue weighted by atomic mass is 35.5. The standard InChI is InChI=1S/C25H21ClO6/c1-29-21-7-5-4-6-16(21)8-11-20(27)19-15-18(26)10-13-22(19)32-25(28)17-9-12-23(30-2)24(14-17)31-3/h4-15H,1-3H3. The van der Waals surface area contributed by atoms with Crippen LogP contribution in [0.3, 0.4) is 0 Å². The Kier molecular flexibility index (Phi) is 7.52. The average Bonchev–Trinajstić information content (AvgIpc) is 2.83. The number of allylic oxidation sites excluding steroid dienone is 1. The first-order valence-corrected chi connectivity index (χ1v) is 9.93. The summed E-state index contributed by atoms with van der Waals surface area (Å²) in [5.74, 6) is 0.540. The maximum absolute atomic E-state index is 12.9. The van der Waals surface area contributed by atoms with Gasteiger partial charge in [-0.1, -0.05) is 29.8 Å². The molecule has 3 aromatic rings. The SMILES string of the molecule is COc1ccccc1C=CC(=O)c1cc(Cl)ccc1OC(=O)c1ccc(OC)c(OC)c1. The number of para-hydroxylation sites is 1. The highest BCUT2D eigenvalue weighted by molar-refractivity contribution is 6.31. The fourth-order valence-corrected chi connectivity index (χ4v) is 3.14. The van der Waals surface area contributed by atoms with Gasteiger partial charge in [-0.2, -0.15) is 0 Å². The van der Waals surface area contributed by atoms with Crippen LogP contribution in [0.15, 0.2) is 66.7 Å². The van der Waals surface area contributed by atoms with Crippen molar-refractivity contribution in [1.29, 1.82) is 0 Å². The van der Waals surface area contributed by atoms with Crippen LogP contribution >= 0.6 is 11.6 Å². The summed E-state index contributed by atoms with van der Waals surface area (Å²) in [6.07, 6.45) is 3.00. The zero-order valence-electron chi connectivity index (χ0n) is 17.8. The van der Waals surface area contributed by atoms with Gasteiger partial charge < -0.3 is 18.9 Å². The summed E-state index contributed by atoms with van der Waals surface area (Å²) in [5, 5.41) is 0.338. The van der Waals surface area contributed by atoms with Gasteiger partial charge in [0.1, 0.15) is 11.5 Å². The summed E-state index contributed by atoms with van der Waals surface area (Å²) in [6, 6.07) is 16.4. The summed E-state index contributed by atoms with van der Waals surface area (Å²) in [4.78, 5) is 25.6. The van der Waals surface area contributed by atoms with Crippen LogP contribution in [-0.2, 0) is 0 Å². The zero-order chi connectivity index (χ0) is 23.1. The predicted molar refractivity (Wildman–Crippen MR) is 122 cm³/mol. The van der Waals surface area contributed by atoms with Crippen molar-refractivity contribution in [2.24, 2.45) is 0 Å². The number of rotatable bonds is 8. The Bertz CT molecular complexity index is 1170. The van der Waals surface area contributed by atoms with Crippen molar-refractivity contribution in [3.8, 4) is 23.0 Å². The van der Waals surface area contributed by atoms with Crippen LogP contribution in [0.5, 0.6) is 23.0 Å². The van der Waals surface area contributed by atoms with E-state index in [1.807, 2.05) is 18.2 Å². The molecule has 7 heteroatoms. The Hall–Kier alpha value is -3.77. The van der Waals surface area contributed by atoms with Crippen LogP contribution in [0, 0.1) is 0 Å². The fraction of sp³-hybridized carbons (Fsp3) is 0.120. The molecule has 0 fully saturated rings. The van der Waals surface area contributed by atoms with E-state index in [1.165, 1.54) is 38.5 Å². The molecule has 0 atom stereocenters. The molecular weight excluding hydrogens is 432 g/mol. The van der Waals surface area contributed by atoms with Crippen molar-refractivity contribution in [3.63, 3.8) is 0 Å². The van der Waals surface area contributed by atoms with Crippen LogP contribution in [0.2, 0.25) is 5.02 Å². The van der Waals surface area contributed by atoms with Crippen molar-refractivity contribution in [2.75, 3.05) is 21.3 Å². The van der Waals surface area contributed by atoms with Crippen molar-refractivity contribution in [2.45, 2.75) is 0 Å². The van der Waals surface area contributed by atoms with E-state index in [2.05, 4.69) is 0 Å². The van der Waals surface area contributed by atoms with Gasteiger partial charge in [0.05, 0.1) is 32.5 Å². The quantitative estimate of drug-likeness (QED) is 0.195. The van der Waals surface area contributed by atoms with E-state index < -0.39 is 5.97 Å². The zero-order valence-corrected chi connectivity index (χ0v) is 18.5. The average molecular weight is 453 g/mol. The van der Waals surface area contributed by atoms with Crippen LogP contribution < -0.4 is 18.9 Å². The molecule has 3 rings (SSSR count). The van der Waals surface area contributed by atoms with Crippen LogP contribution in [0.25, 0.3) is 6.08 Å². The van der Waals surface area contributed by atoms with E-state index in [1.54, 1.807) is 37.5 Å². The number of benzene rings is 3. The van der Waals surface area contributed by atoms with Crippen LogP contribution in [0.4, 0.5) is 0 Å². The number of halogens is 1. The lowest BCUT2D eigenvalue weighted by atomic mass is 10.1. The third-order valence-electron chi connectivity index (χ3n) is 4.58. The molecule has 0 saturated heterocycles. The Morgan fingerprint density at radius 1 is 0.781 bits per heavy atom. The molecule has 0 saturated carbocycles. The number of hydrogen-bond acceptors (Lipinski definition) is 6. The lowest BCUT2D eigenvalue weighted by Gasteiger charge is -2.11. The molecule has 0 amide bonds. The van der Waals surface area contributed by atoms with Gasteiger partial charge in [-0.3, -0.25) is 4.79 Å². The molecule has 3 aromatic carbocycles. The summed E-state index contributed by atoms with van der Waals surface area (Å²) in [5.41, 5.74) is 1.12. The molecule has 6 nitrogen and oxygen atoms in total. The first kappa shape index (κ1) is 22.9. The van der Waals surface area contributed by atoms with E-state index in [0.717, 1.165) is 5.56 Å². The summed E-state index contributed by atoms with van der Waals surface area (Å²) in [7, 11) is 4.52. The second-order valence-electron chi connectivity index (χ2n) is 6.54. The minimum atomic E-state index is -0.656. The number of esters is 1. The van der Waals surface area contributed by atoms with E-state index in [9.17, 15) is 9.59 Å². The van der Waals surface area contributed by atoms with Gasteiger partial charge in [-0.15, -0.1) is 0 Å². The summed E-state index contributed by atoms with van der Waals surface area (Å²) >= 11 is 6.09. The molecule has 0 N–H and O–H groups in total. The Balaban J connectivity index is 1.87. The number of carbonyl (C=O) groups excluding carboxylic acids is 2. The lowest BCUT2D eigenvalue weighted by molar-refractivity contribution is 0.0732. The molecule has 0 spiro atoms. The molecule has 164 valence electrons. The van der Waals surface area contributed by atoms with Gasteiger partial charge in [-0.05, 0) is 54.6 Å². The maximum Gasteiger partial charge on any atom is 0.343 e.